The Morgan fingerprint density at radius 3 is 1.57 bits per heavy atom. The van der Waals surface area contributed by atoms with E-state index in [4.69, 9.17) is 11.6 Å². The molecule has 1 aromatic rings. The van der Waals surface area contributed by atoms with Crippen LogP contribution in [0.5, 0.6) is 0 Å². The largest absolute Gasteiger partial charge is 0.545 e. The molecule has 0 aliphatic rings. The van der Waals surface area contributed by atoms with Crippen molar-refractivity contribution in [1.82, 2.24) is 0 Å². The van der Waals surface area contributed by atoms with Gasteiger partial charge in [0.1, 0.15) is 0 Å². The van der Waals surface area contributed by atoms with Crippen LogP contribution in [0.15, 0.2) is 24.3 Å². The number of benzene rings is 1. The molecule has 0 aliphatic heterocycles. The van der Waals surface area contributed by atoms with Crippen LogP contribution < -0.4 is 5.11 Å². The van der Waals surface area contributed by atoms with Gasteiger partial charge in [0.05, 0.1) is 33.7 Å². The van der Waals surface area contributed by atoms with E-state index in [2.05, 4.69) is 28.1 Å². The van der Waals surface area contributed by atoms with Gasteiger partial charge < -0.3 is 14.4 Å². The molecular weight excluding hydrogens is 394 g/mol. The lowest BCUT2D eigenvalue weighted by Gasteiger charge is -2.23. The molecule has 0 atom stereocenters. The van der Waals surface area contributed by atoms with Gasteiger partial charge in [0.2, 0.25) is 0 Å². The molecule has 3 nitrogen and oxygen atoms in total. The van der Waals surface area contributed by atoms with Gasteiger partial charge in [-0.15, -0.1) is 0 Å². The van der Waals surface area contributed by atoms with Gasteiger partial charge in [0.25, 0.3) is 0 Å². The molecule has 0 N–H and O–H groups in total. The summed E-state index contributed by atoms with van der Waals surface area (Å²) in [6, 6.07) is 5.94. The number of aromatic carboxylic acids is 1. The Kier molecular flexibility index (Phi) is 18.0. The van der Waals surface area contributed by atoms with E-state index in [-0.39, 0.29) is 5.56 Å². The van der Waals surface area contributed by atoms with E-state index >= 15 is 0 Å². The quantitative estimate of drug-likeness (QED) is 0.208. The number of halogens is 1. The third kappa shape index (κ3) is 20.2. The maximum absolute atomic E-state index is 10.2. The Bertz CT molecular complexity index is 540. The number of carboxylic acid groups (broad SMARTS) is 1. The summed E-state index contributed by atoms with van der Waals surface area (Å²) in [6.07, 6.45) is 20.4. The summed E-state index contributed by atoms with van der Waals surface area (Å²) in [5, 5.41) is 10.6. The van der Waals surface area contributed by atoms with E-state index in [1.165, 1.54) is 109 Å². The molecule has 0 heterocycles. The Hall–Kier alpha value is -1.06. The molecule has 0 aromatic heterocycles. The number of carboxylic acids is 1. The molecule has 0 saturated heterocycles. The van der Waals surface area contributed by atoms with Gasteiger partial charge in [-0.3, -0.25) is 0 Å². The zero-order valence-electron chi connectivity index (χ0n) is 20.1. The lowest BCUT2D eigenvalue weighted by molar-refractivity contribution is -0.870. The number of quaternary nitrogens is 1. The van der Waals surface area contributed by atoms with Crippen molar-refractivity contribution in [1.29, 1.82) is 0 Å². The highest BCUT2D eigenvalue weighted by molar-refractivity contribution is 6.30. The van der Waals surface area contributed by atoms with Gasteiger partial charge in [0, 0.05) is 5.02 Å². The van der Waals surface area contributed by atoms with Crippen LogP contribution in [0.25, 0.3) is 0 Å². The van der Waals surface area contributed by atoms with Crippen LogP contribution in [0.2, 0.25) is 5.02 Å². The van der Waals surface area contributed by atoms with Crippen LogP contribution in [0.1, 0.15) is 107 Å². The Labute approximate surface area is 191 Å². The Morgan fingerprint density at radius 2 is 1.23 bits per heavy atom. The highest BCUT2D eigenvalue weighted by Crippen LogP contribution is 2.13. The minimum absolute atomic E-state index is 0.104. The Morgan fingerprint density at radius 1 is 0.800 bits per heavy atom. The summed E-state index contributed by atoms with van der Waals surface area (Å²) in [4.78, 5) is 10.2. The molecule has 0 unspecified atom stereocenters. The first-order chi connectivity index (χ1) is 14.3. The van der Waals surface area contributed by atoms with Crippen LogP contribution in [-0.4, -0.2) is 38.1 Å². The van der Waals surface area contributed by atoms with Crippen molar-refractivity contribution in [3.63, 3.8) is 0 Å². The second kappa shape index (κ2) is 18.7. The second-order valence-electron chi connectivity index (χ2n) is 9.41. The molecule has 0 radical (unpaired) electrons. The Balaban J connectivity index is 0.000000696. The SMILES string of the molecule is CCCCCCCCCCCCCCCC[N+](C)(C)C.O=C([O-])c1cccc(Cl)c1. The third-order valence-corrected chi connectivity index (χ3v) is 5.48. The number of nitrogens with zero attached hydrogens (tertiary/aromatic N) is 1. The molecule has 0 amide bonds. The minimum atomic E-state index is -1.21. The summed E-state index contributed by atoms with van der Waals surface area (Å²) in [5.41, 5.74) is 0.104. The minimum Gasteiger partial charge on any atom is -0.545 e. The number of carbonyl (C=O) groups excluding carboxylic acids is 1. The molecule has 1 aromatic carbocycles. The zero-order chi connectivity index (χ0) is 22.7. The van der Waals surface area contributed by atoms with E-state index in [0.717, 1.165) is 4.48 Å². The standard InChI is InChI=1S/C19H42N.C7H5ClO2/c1-5-6-7-8-9-10-11-12-13-14-15-16-17-18-19-20(2,3)4;8-6-3-1-2-5(4-6)7(9)10/h5-19H2,1-4H3;1-4H,(H,9,10)/q+1;/p-1. The summed E-state index contributed by atoms with van der Waals surface area (Å²) in [5.74, 6) is -1.21. The maximum Gasteiger partial charge on any atom is 0.0780 e. The molecule has 1 rings (SSSR count). The first kappa shape index (κ1) is 28.9. The van der Waals surface area contributed by atoms with Gasteiger partial charge in [-0.25, -0.2) is 0 Å². The first-order valence-corrected chi connectivity index (χ1v) is 12.4. The van der Waals surface area contributed by atoms with Crippen molar-refractivity contribution in [2.24, 2.45) is 0 Å². The zero-order valence-corrected chi connectivity index (χ0v) is 20.8. The first-order valence-electron chi connectivity index (χ1n) is 12.0. The monoisotopic (exact) mass is 439 g/mol. The van der Waals surface area contributed by atoms with Crippen molar-refractivity contribution < 1.29 is 14.4 Å². The molecule has 30 heavy (non-hydrogen) atoms. The normalized spacial score (nSPS) is 11.1. The number of unbranched alkanes of at least 4 members (excludes halogenated alkanes) is 13. The lowest BCUT2D eigenvalue weighted by atomic mass is 10.0. The molecular formula is C26H46ClNO2. The fourth-order valence-electron chi connectivity index (χ4n) is 3.40. The molecule has 0 saturated carbocycles. The van der Waals surface area contributed by atoms with E-state index in [1.54, 1.807) is 12.1 Å². The van der Waals surface area contributed by atoms with Crippen molar-refractivity contribution in [3.8, 4) is 0 Å². The van der Waals surface area contributed by atoms with E-state index in [9.17, 15) is 9.90 Å². The van der Waals surface area contributed by atoms with Crippen molar-refractivity contribution in [3.05, 3.63) is 34.9 Å². The van der Waals surface area contributed by atoms with Gasteiger partial charge in [-0.05, 0) is 30.5 Å². The fourth-order valence-corrected chi connectivity index (χ4v) is 3.59. The van der Waals surface area contributed by atoms with Gasteiger partial charge >= 0.3 is 0 Å². The molecule has 0 bridgehead atoms. The fraction of sp³-hybridized carbons (Fsp3) is 0.731. The highest BCUT2D eigenvalue weighted by Gasteiger charge is 2.04. The lowest BCUT2D eigenvalue weighted by Crippen LogP contribution is -2.35. The van der Waals surface area contributed by atoms with E-state index < -0.39 is 5.97 Å². The summed E-state index contributed by atoms with van der Waals surface area (Å²) < 4.78 is 1.12. The smallest absolute Gasteiger partial charge is 0.0780 e. The average Bonchev–Trinajstić information content (AvgIpc) is 2.68. The van der Waals surface area contributed by atoms with Gasteiger partial charge in [0.15, 0.2) is 0 Å². The highest BCUT2D eigenvalue weighted by atomic mass is 35.5. The summed E-state index contributed by atoms with van der Waals surface area (Å²) in [7, 11) is 6.88. The number of carbonyl (C=O) groups is 1. The summed E-state index contributed by atoms with van der Waals surface area (Å²) >= 11 is 5.50. The average molecular weight is 440 g/mol. The van der Waals surface area contributed by atoms with Crippen LogP contribution >= 0.6 is 11.6 Å². The maximum atomic E-state index is 10.2. The predicted molar refractivity (Wildman–Crippen MR) is 129 cm³/mol. The molecule has 0 fully saturated rings. The number of rotatable bonds is 16. The van der Waals surface area contributed by atoms with E-state index in [1.807, 2.05) is 0 Å². The third-order valence-electron chi connectivity index (χ3n) is 5.24. The van der Waals surface area contributed by atoms with Crippen molar-refractivity contribution in [2.75, 3.05) is 27.7 Å². The summed E-state index contributed by atoms with van der Waals surface area (Å²) in [6.45, 7) is 3.63. The van der Waals surface area contributed by atoms with E-state index in [0.29, 0.717) is 5.02 Å². The topological polar surface area (TPSA) is 40.1 Å². The second-order valence-corrected chi connectivity index (χ2v) is 9.84. The molecule has 174 valence electrons. The van der Waals surface area contributed by atoms with Gasteiger partial charge in [-0.2, -0.15) is 0 Å². The number of hydrogen-bond donors (Lipinski definition) is 0. The molecule has 0 aliphatic carbocycles. The predicted octanol–water partition coefficient (Wildman–Crippen LogP) is 6.88. The van der Waals surface area contributed by atoms with Crippen LogP contribution in [-0.2, 0) is 0 Å². The van der Waals surface area contributed by atoms with Crippen LogP contribution in [0.3, 0.4) is 0 Å². The van der Waals surface area contributed by atoms with Crippen molar-refractivity contribution >= 4 is 17.6 Å². The van der Waals surface area contributed by atoms with Crippen LogP contribution in [0.4, 0.5) is 0 Å². The number of hydrogen-bond acceptors (Lipinski definition) is 2. The van der Waals surface area contributed by atoms with Gasteiger partial charge in [-0.1, -0.05) is 108 Å². The molecule has 4 heteroatoms. The van der Waals surface area contributed by atoms with Crippen LogP contribution in [0, 0.1) is 0 Å². The van der Waals surface area contributed by atoms with Crippen molar-refractivity contribution in [2.45, 2.75) is 96.8 Å². The molecule has 0 spiro atoms.